The lowest BCUT2D eigenvalue weighted by Gasteiger charge is -2.37. The fourth-order valence-corrected chi connectivity index (χ4v) is 2.74. The minimum absolute atomic E-state index is 0.104. The van der Waals surface area contributed by atoms with Gasteiger partial charge in [-0.3, -0.25) is 9.69 Å². The van der Waals surface area contributed by atoms with Gasteiger partial charge in [0.15, 0.2) is 0 Å². The van der Waals surface area contributed by atoms with Crippen LogP contribution in [-0.4, -0.2) is 43.7 Å². The van der Waals surface area contributed by atoms with E-state index in [9.17, 15) is 4.79 Å². The second-order valence-corrected chi connectivity index (χ2v) is 5.34. The average molecular weight is 256 g/mol. The molecule has 1 rings (SSSR count). The van der Waals surface area contributed by atoms with Crippen molar-refractivity contribution in [3.63, 3.8) is 0 Å². The second kappa shape index (κ2) is 8.48. The number of nitrogens with two attached hydrogens (primary N) is 1. The Balaban J connectivity index is 2.33. The normalized spacial score (nSPS) is 24.2. The molecule has 0 aromatic carbocycles. The Morgan fingerprint density at radius 1 is 1.39 bits per heavy atom. The number of esters is 1. The molecule has 1 saturated carbocycles. The van der Waals surface area contributed by atoms with Crippen molar-refractivity contribution >= 4 is 5.97 Å². The van der Waals surface area contributed by atoms with Crippen molar-refractivity contribution in [3.05, 3.63) is 0 Å². The zero-order valence-corrected chi connectivity index (χ0v) is 11.9. The molecule has 2 unspecified atom stereocenters. The molecule has 2 N–H and O–H groups in total. The lowest BCUT2D eigenvalue weighted by Crippen LogP contribution is -2.45. The number of carbonyl (C=O) groups excluding carboxylic acids is 1. The van der Waals surface area contributed by atoms with E-state index in [1.54, 1.807) is 0 Å². The number of nitrogens with zero attached hydrogens (tertiary/aromatic N) is 1. The molecule has 2 atom stereocenters. The van der Waals surface area contributed by atoms with Gasteiger partial charge in [0.05, 0.1) is 13.2 Å². The molecule has 0 heterocycles. The summed E-state index contributed by atoms with van der Waals surface area (Å²) in [7, 11) is 2.01. The summed E-state index contributed by atoms with van der Waals surface area (Å²) in [4.78, 5) is 13.8. The number of hydrogen-bond donors (Lipinski definition) is 1. The Bertz CT molecular complexity index is 246. The molecule has 0 amide bonds. The van der Waals surface area contributed by atoms with Gasteiger partial charge in [-0.1, -0.05) is 26.2 Å². The predicted molar refractivity (Wildman–Crippen MR) is 73.3 cm³/mol. The first-order chi connectivity index (χ1) is 8.69. The SMILES string of the molecule is CCCCOC(=O)CN(C)C1CCCCC1CN. The highest BCUT2D eigenvalue weighted by molar-refractivity contribution is 5.71. The molecule has 0 radical (unpaired) electrons. The molecular formula is C14H28N2O2. The summed E-state index contributed by atoms with van der Waals surface area (Å²) in [6.45, 7) is 3.76. The van der Waals surface area contributed by atoms with E-state index in [1.165, 1.54) is 19.3 Å². The molecule has 106 valence electrons. The molecular weight excluding hydrogens is 228 g/mol. The zero-order chi connectivity index (χ0) is 13.4. The van der Waals surface area contributed by atoms with Crippen LogP contribution in [0.3, 0.4) is 0 Å². The minimum Gasteiger partial charge on any atom is -0.465 e. The molecule has 0 spiro atoms. The van der Waals surface area contributed by atoms with Crippen molar-refractivity contribution in [2.45, 2.75) is 51.5 Å². The maximum absolute atomic E-state index is 11.7. The van der Waals surface area contributed by atoms with E-state index in [-0.39, 0.29) is 5.97 Å². The molecule has 1 aliphatic carbocycles. The zero-order valence-electron chi connectivity index (χ0n) is 11.9. The van der Waals surface area contributed by atoms with E-state index >= 15 is 0 Å². The van der Waals surface area contributed by atoms with E-state index < -0.39 is 0 Å². The smallest absolute Gasteiger partial charge is 0.320 e. The summed E-state index contributed by atoms with van der Waals surface area (Å²) in [5.41, 5.74) is 5.82. The minimum atomic E-state index is -0.104. The second-order valence-electron chi connectivity index (χ2n) is 5.34. The Morgan fingerprint density at radius 3 is 2.78 bits per heavy atom. The summed E-state index contributed by atoms with van der Waals surface area (Å²) in [6, 6.07) is 0.447. The largest absolute Gasteiger partial charge is 0.465 e. The van der Waals surface area contributed by atoms with Crippen LogP contribution in [0.1, 0.15) is 45.4 Å². The number of carbonyl (C=O) groups is 1. The highest BCUT2D eigenvalue weighted by Crippen LogP contribution is 2.26. The first-order valence-corrected chi connectivity index (χ1v) is 7.25. The highest BCUT2D eigenvalue weighted by Gasteiger charge is 2.28. The molecule has 18 heavy (non-hydrogen) atoms. The standard InChI is InChI=1S/C14H28N2O2/c1-3-4-9-18-14(17)11-16(2)13-8-6-5-7-12(13)10-15/h12-13H,3-11,15H2,1-2H3. The monoisotopic (exact) mass is 256 g/mol. The number of hydrogen-bond acceptors (Lipinski definition) is 4. The van der Waals surface area contributed by atoms with Gasteiger partial charge in [-0.15, -0.1) is 0 Å². The fourth-order valence-electron chi connectivity index (χ4n) is 2.74. The summed E-state index contributed by atoms with van der Waals surface area (Å²) in [6.07, 6.45) is 6.87. The lowest BCUT2D eigenvalue weighted by molar-refractivity contribution is -0.145. The van der Waals surface area contributed by atoms with Crippen molar-refractivity contribution in [2.24, 2.45) is 11.7 Å². The molecule has 0 aromatic rings. The lowest BCUT2D eigenvalue weighted by atomic mass is 9.84. The molecule has 1 aliphatic rings. The van der Waals surface area contributed by atoms with Gasteiger partial charge in [0.1, 0.15) is 0 Å². The van der Waals surface area contributed by atoms with Crippen LogP contribution in [-0.2, 0) is 9.53 Å². The van der Waals surface area contributed by atoms with Crippen LogP contribution < -0.4 is 5.73 Å². The van der Waals surface area contributed by atoms with Gasteiger partial charge in [-0.25, -0.2) is 0 Å². The summed E-state index contributed by atoms with van der Waals surface area (Å²) < 4.78 is 5.20. The Kier molecular flexibility index (Phi) is 7.28. The fraction of sp³-hybridized carbons (Fsp3) is 0.929. The van der Waals surface area contributed by atoms with Gasteiger partial charge < -0.3 is 10.5 Å². The summed E-state index contributed by atoms with van der Waals surface area (Å²) >= 11 is 0. The van der Waals surface area contributed by atoms with Crippen LogP contribution in [0, 0.1) is 5.92 Å². The molecule has 0 aliphatic heterocycles. The molecule has 4 heteroatoms. The van der Waals surface area contributed by atoms with E-state index in [4.69, 9.17) is 10.5 Å². The van der Waals surface area contributed by atoms with E-state index in [0.717, 1.165) is 25.8 Å². The predicted octanol–water partition coefficient (Wildman–Crippen LogP) is 1.78. The first kappa shape index (κ1) is 15.4. The molecule has 0 aromatic heterocycles. The van der Waals surface area contributed by atoms with Gasteiger partial charge in [0, 0.05) is 6.04 Å². The van der Waals surface area contributed by atoms with Crippen molar-refractivity contribution in [1.82, 2.24) is 4.90 Å². The third-order valence-corrected chi connectivity index (χ3v) is 3.88. The molecule has 1 fully saturated rings. The van der Waals surface area contributed by atoms with Crippen LogP contribution in [0.25, 0.3) is 0 Å². The van der Waals surface area contributed by atoms with E-state index in [2.05, 4.69) is 11.8 Å². The number of likely N-dealkylation sites (N-methyl/N-ethyl adjacent to an activating group) is 1. The summed E-state index contributed by atoms with van der Waals surface area (Å²) in [5, 5.41) is 0. The van der Waals surface area contributed by atoms with Crippen LogP contribution in [0.5, 0.6) is 0 Å². The third kappa shape index (κ3) is 4.94. The van der Waals surface area contributed by atoms with Gasteiger partial charge in [0.25, 0.3) is 0 Å². The van der Waals surface area contributed by atoms with Crippen molar-refractivity contribution in [1.29, 1.82) is 0 Å². The van der Waals surface area contributed by atoms with Crippen molar-refractivity contribution in [2.75, 3.05) is 26.7 Å². The van der Waals surface area contributed by atoms with Crippen LogP contribution in [0.4, 0.5) is 0 Å². The third-order valence-electron chi connectivity index (χ3n) is 3.88. The van der Waals surface area contributed by atoms with E-state index in [1.807, 2.05) is 7.05 Å². The van der Waals surface area contributed by atoms with Crippen molar-refractivity contribution < 1.29 is 9.53 Å². The quantitative estimate of drug-likeness (QED) is 0.557. The summed E-state index contributed by atoms with van der Waals surface area (Å²) in [5.74, 6) is 0.430. The maximum Gasteiger partial charge on any atom is 0.320 e. The van der Waals surface area contributed by atoms with Crippen LogP contribution >= 0.6 is 0 Å². The van der Waals surface area contributed by atoms with Gasteiger partial charge >= 0.3 is 5.97 Å². The highest BCUT2D eigenvalue weighted by atomic mass is 16.5. The molecule has 0 saturated heterocycles. The van der Waals surface area contributed by atoms with Crippen LogP contribution in [0.15, 0.2) is 0 Å². The molecule has 4 nitrogen and oxygen atoms in total. The maximum atomic E-state index is 11.7. The topological polar surface area (TPSA) is 55.6 Å². The van der Waals surface area contributed by atoms with Gasteiger partial charge in [-0.05, 0) is 38.8 Å². The number of ether oxygens (including phenoxy) is 1. The van der Waals surface area contributed by atoms with E-state index in [0.29, 0.717) is 25.1 Å². The van der Waals surface area contributed by atoms with Crippen molar-refractivity contribution in [3.8, 4) is 0 Å². The molecule has 0 bridgehead atoms. The number of unbranched alkanes of at least 4 members (excludes halogenated alkanes) is 1. The van der Waals surface area contributed by atoms with Crippen LogP contribution in [0.2, 0.25) is 0 Å². The Hall–Kier alpha value is -0.610. The van der Waals surface area contributed by atoms with Gasteiger partial charge in [0.2, 0.25) is 0 Å². The van der Waals surface area contributed by atoms with Gasteiger partial charge in [-0.2, -0.15) is 0 Å². The average Bonchev–Trinajstić information content (AvgIpc) is 2.39. The number of rotatable bonds is 7. The Morgan fingerprint density at radius 2 is 2.11 bits per heavy atom. The first-order valence-electron chi connectivity index (χ1n) is 7.25. The Labute approximate surface area is 111 Å².